The molecule has 7 heteroatoms. The van der Waals surface area contributed by atoms with E-state index >= 15 is 0 Å². The second-order valence-corrected chi connectivity index (χ2v) is 14.4. The first-order valence-corrected chi connectivity index (χ1v) is 16.0. The molecule has 0 spiro atoms. The molecule has 0 aromatic carbocycles. The fraction of sp³-hybridized carbons (Fsp3) is 1.00. The van der Waals surface area contributed by atoms with E-state index in [0.29, 0.717) is 19.8 Å². The van der Waals surface area contributed by atoms with Crippen molar-refractivity contribution in [3.05, 3.63) is 0 Å². The van der Waals surface area contributed by atoms with Gasteiger partial charge in [0.05, 0.1) is 53.7 Å². The van der Waals surface area contributed by atoms with Gasteiger partial charge in [-0.1, -0.05) is 53.4 Å². The number of ether oxygens (including phenoxy) is 1. The van der Waals surface area contributed by atoms with Crippen molar-refractivity contribution < 1.29 is 17.7 Å². The lowest BCUT2D eigenvalue weighted by Crippen LogP contribution is -2.39. The Balaban J connectivity index is 0.000000571. The van der Waals surface area contributed by atoms with Crippen molar-refractivity contribution in [3.8, 4) is 0 Å². The van der Waals surface area contributed by atoms with E-state index in [1.165, 1.54) is 51.4 Å². The lowest BCUT2D eigenvalue weighted by atomic mass is 10.4. The van der Waals surface area contributed by atoms with Gasteiger partial charge in [-0.15, -0.1) is 0 Å². The van der Waals surface area contributed by atoms with Gasteiger partial charge in [-0.25, -0.2) is 8.42 Å². The average molecular weight is 454 g/mol. The summed E-state index contributed by atoms with van der Waals surface area (Å²) >= 11 is 0. The summed E-state index contributed by atoms with van der Waals surface area (Å²) in [6, 6.07) is 0. The first kappa shape index (κ1) is 29.3. The molecule has 0 aromatic rings. The third-order valence-electron chi connectivity index (χ3n) is 5.71. The molecule has 1 saturated heterocycles. The molecular weight excluding hydrogens is 405 g/mol. The molecular formula is C22H48NO4PS. The van der Waals surface area contributed by atoms with Gasteiger partial charge >= 0.3 is 0 Å². The molecule has 1 heterocycles. The van der Waals surface area contributed by atoms with Crippen LogP contribution in [0.15, 0.2) is 0 Å². The van der Waals surface area contributed by atoms with Gasteiger partial charge in [0.1, 0.15) is 0 Å². The monoisotopic (exact) mass is 453 g/mol. The minimum absolute atomic E-state index is 0.299. The fourth-order valence-corrected chi connectivity index (χ4v) is 9.48. The quantitative estimate of drug-likeness (QED) is 0.256. The highest BCUT2D eigenvalue weighted by molar-refractivity contribution is 7.85. The lowest BCUT2D eigenvalue weighted by Gasteiger charge is -2.28. The van der Waals surface area contributed by atoms with Crippen LogP contribution in [0.4, 0.5) is 0 Å². The number of hydrogen-bond acceptors (Lipinski definition) is 5. The zero-order valence-electron chi connectivity index (χ0n) is 19.7. The molecule has 176 valence electrons. The molecule has 29 heavy (non-hydrogen) atoms. The van der Waals surface area contributed by atoms with Crippen LogP contribution in [0.1, 0.15) is 79.1 Å². The Kier molecular flexibility index (Phi) is 18.1. The van der Waals surface area contributed by atoms with Crippen molar-refractivity contribution in [1.29, 1.82) is 0 Å². The Morgan fingerprint density at radius 2 is 1.17 bits per heavy atom. The molecule has 0 aromatic heterocycles. The second-order valence-electron chi connectivity index (χ2n) is 8.37. The van der Waals surface area contributed by atoms with Gasteiger partial charge in [0.2, 0.25) is 0 Å². The molecule has 0 unspecified atom stereocenters. The molecule has 0 bridgehead atoms. The van der Waals surface area contributed by atoms with E-state index in [1.54, 1.807) is 24.6 Å². The summed E-state index contributed by atoms with van der Waals surface area (Å²) < 4.78 is 35.8. The van der Waals surface area contributed by atoms with Crippen molar-refractivity contribution in [2.45, 2.75) is 79.1 Å². The van der Waals surface area contributed by atoms with E-state index in [2.05, 4.69) is 27.7 Å². The molecule has 0 aliphatic carbocycles. The minimum Gasteiger partial charge on any atom is -0.748 e. The average Bonchev–Trinajstić information content (AvgIpc) is 2.72. The molecule has 1 aliphatic heterocycles. The first-order chi connectivity index (χ1) is 13.8. The Hall–Kier alpha value is 0.260. The molecule has 0 saturated carbocycles. The first-order valence-electron chi connectivity index (χ1n) is 11.9. The molecule has 0 N–H and O–H groups in total. The van der Waals surface area contributed by atoms with Crippen LogP contribution in [0, 0.1) is 0 Å². The molecule has 1 aliphatic rings. The summed E-state index contributed by atoms with van der Waals surface area (Å²) in [6.07, 6.45) is 17.9. The number of hydrogen-bond donors (Lipinski definition) is 0. The van der Waals surface area contributed by atoms with Crippen LogP contribution in [-0.2, 0) is 14.9 Å². The maximum atomic E-state index is 10.3. The van der Waals surface area contributed by atoms with Gasteiger partial charge < -0.3 is 9.29 Å². The van der Waals surface area contributed by atoms with Gasteiger partial charge in [0.25, 0.3) is 0 Å². The second kappa shape index (κ2) is 17.9. The standard InChI is InChI=1S/C16H36P.C6H13NO4S/c1-5-9-13-17(14-10-6-2,15-11-7-3)16-12-8-4;8-12(9,10)6-3-7-1-4-11-5-2-7/h5-16H2,1-4H3;1-6H2,(H,8,9,10)/q+1;/p-1. The molecule has 5 nitrogen and oxygen atoms in total. The normalized spacial score (nSPS) is 15.8. The third kappa shape index (κ3) is 16.6. The molecule has 0 amide bonds. The summed E-state index contributed by atoms with van der Waals surface area (Å²) in [4.78, 5) is 1.92. The van der Waals surface area contributed by atoms with E-state index < -0.39 is 17.4 Å². The lowest BCUT2D eigenvalue weighted by molar-refractivity contribution is 0.0406. The summed E-state index contributed by atoms with van der Waals surface area (Å²) in [5.41, 5.74) is 0. The van der Waals surface area contributed by atoms with Crippen LogP contribution in [-0.4, -0.2) is 81.1 Å². The smallest absolute Gasteiger partial charge is 0.0958 e. The zero-order chi connectivity index (χ0) is 22.0. The van der Waals surface area contributed by atoms with Gasteiger partial charge in [0.15, 0.2) is 0 Å². The summed E-state index contributed by atoms with van der Waals surface area (Å²) in [6.45, 7) is 12.4. The van der Waals surface area contributed by atoms with Crippen LogP contribution in [0.25, 0.3) is 0 Å². The van der Waals surface area contributed by atoms with Crippen LogP contribution in [0.5, 0.6) is 0 Å². The molecule has 0 atom stereocenters. The van der Waals surface area contributed by atoms with E-state index in [-0.39, 0.29) is 5.75 Å². The Labute approximate surface area is 182 Å². The van der Waals surface area contributed by atoms with Crippen molar-refractivity contribution in [1.82, 2.24) is 4.90 Å². The van der Waals surface area contributed by atoms with Crippen LogP contribution in [0.2, 0.25) is 0 Å². The molecule has 1 fully saturated rings. The Bertz CT molecular complexity index is 430. The van der Waals surface area contributed by atoms with E-state index in [0.717, 1.165) is 13.1 Å². The topological polar surface area (TPSA) is 69.7 Å². The largest absolute Gasteiger partial charge is 0.748 e. The SMILES string of the molecule is CCCC[P+](CCCC)(CCCC)CCCC.O=S(=O)([O-])CCN1CCOCC1. The van der Waals surface area contributed by atoms with Gasteiger partial charge in [0, 0.05) is 26.9 Å². The van der Waals surface area contributed by atoms with Crippen molar-refractivity contribution in [3.63, 3.8) is 0 Å². The fourth-order valence-electron chi connectivity index (χ4n) is 3.71. The minimum atomic E-state index is -4.06. The number of nitrogens with zero attached hydrogens (tertiary/aromatic N) is 1. The van der Waals surface area contributed by atoms with Gasteiger partial charge in [-0.05, 0) is 25.7 Å². The van der Waals surface area contributed by atoms with Crippen LogP contribution in [0.3, 0.4) is 0 Å². The van der Waals surface area contributed by atoms with Gasteiger partial charge in [-0.3, -0.25) is 4.90 Å². The molecule has 1 rings (SSSR count). The van der Waals surface area contributed by atoms with E-state index in [9.17, 15) is 13.0 Å². The molecule has 0 radical (unpaired) electrons. The van der Waals surface area contributed by atoms with Gasteiger partial charge in [-0.2, -0.15) is 0 Å². The van der Waals surface area contributed by atoms with Crippen molar-refractivity contribution in [2.75, 3.05) is 63.2 Å². The highest BCUT2D eigenvalue weighted by Crippen LogP contribution is 2.61. The predicted molar refractivity (Wildman–Crippen MR) is 128 cm³/mol. The third-order valence-corrected chi connectivity index (χ3v) is 11.4. The number of unbranched alkanes of at least 4 members (excludes halogenated alkanes) is 4. The van der Waals surface area contributed by atoms with E-state index in [1.807, 2.05) is 4.90 Å². The highest BCUT2D eigenvalue weighted by Gasteiger charge is 2.34. The summed E-state index contributed by atoms with van der Waals surface area (Å²) in [5, 5.41) is 0. The maximum Gasteiger partial charge on any atom is 0.0958 e. The summed E-state index contributed by atoms with van der Waals surface area (Å²) in [7, 11) is -4.62. The number of rotatable bonds is 15. The van der Waals surface area contributed by atoms with Crippen LogP contribution < -0.4 is 0 Å². The van der Waals surface area contributed by atoms with Crippen molar-refractivity contribution >= 4 is 17.4 Å². The van der Waals surface area contributed by atoms with Crippen molar-refractivity contribution in [2.24, 2.45) is 0 Å². The van der Waals surface area contributed by atoms with Crippen LogP contribution >= 0.6 is 7.26 Å². The highest BCUT2D eigenvalue weighted by atomic mass is 32.2. The van der Waals surface area contributed by atoms with E-state index in [4.69, 9.17) is 4.74 Å². The Morgan fingerprint density at radius 1 is 0.793 bits per heavy atom. The number of morpholine rings is 1. The summed E-state index contributed by atoms with van der Waals surface area (Å²) in [5.74, 6) is -0.299. The Morgan fingerprint density at radius 3 is 1.48 bits per heavy atom. The maximum absolute atomic E-state index is 10.3. The zero-order valence-corrected chi connectivity index (χ0v) is 21.4. The predicted octanol–water partition coefficient (Wildman–Crippen LogP) is 5.07.